The Morgan fingerprint density at radius 3 is 2.45 bits per heavy atom. The van der Waals surface area contributed by atoms with E-state index >= 15 is 0 Å². The Kier molecular flexibility index (Phi) is 5.38. The zero-order valence-corrected chi connectivity index (χ0v) is 11.4. The molecule has 1 aromatic carbocycles. The van der Waals surface area contributed by atoms with Gasteiger partial charge >= 0.3 is 6.18 Å². The van der Waals surface area contributed by atoms with Crippen LogP contribution in [-0.2, 0) is 4.79 Å². The largest absolute Gasteiger partial charge is 0.401 e. The molecule has 0 aliphatic rings. The number of nitrogen functional groups attached to an aromatic ring is 1. The van der Waals surface area contributed by atoms with E-state index in [9.17, 15) is 18.0 Å². The smallest absolute Gasteiger partial charge is 0.397 e. The summed E-state index contributed by atoms with van der Waals surface area (Å²) >= 11 is 0. The fourth-order valence-corrected chi connectivity index (χ4v) is 1.64. The van der Waals surface area contributed by atoms with Crippen molar-refractivity contribution in [3.05, 3.63) is 24.3 Å². The van der Waals surface area contributed by atoms with E-state index in [-0.39, 0.29) is 6.54 Å². The van der Waals surface area contributed by atoms with E-state index in [1.165, 1.54) is 0 Å². The maximum absolute atomic E-state index is 12.4. The SMILES string of the molecule is CC(C)N(CC(=O)Nc1ccccc1N)CC(F)(F)F. The summed E-state index contributed by atoms with van der Waals surface area (Å²) in [5.41, 5.74) is 6.42. The molecular formula is C13H18F3N3O. The van der Waals surface area contributed by atoms with Gasteiger partial charge in [0.15, 0.2) is 0 Å². The van der Waals surface area contributed by atoms with Crippen molar-refractivity contribution < 1.29 is 18.0 Å². The molecule has 112 valence electrons. The van der Waals surface area contributed by atoms with Gasteiger partial charge < -0.3 is 11.1 Å². The molecule has 0 saturated heterocycles. The van der Waals surface area contributed by atoms with Crippen LogP contribution in [0.5, 0.6) is 0 Å². The Bertz CT molecular complexity index is 460. The number of hydrogen-bond acceptors (Lipinski definition) is 3. The fraction of sp³-hybridized carbons (Fsp3) is 0.462. The van der Waals surface area contributed by atoms with Crippen LogP contribution >= 0.6 is 0 Å². The van der Waals surface area contributed by atoms with Gasteiger partial charge in [-0.15, -0.1) is 0 Å². The molecule has 0 atom stereocenters. The summed E-state index contributed by atoms with van der Waals surface area (Å²) in [5, 5.41) is 2.51. The zero-order valence-electron chi connectivity index (χ0n) is 11.4. The van der Waals surface area contributed by atoms with Gasteiger partial charge in [-0.1, -0.05) is 12.1 Å². The molecule has 0 radical (unpaired) electrons. The van der Waals surface area contributed by atoms with Crippen LogP contribution in [0, 0.1) is 0 Å². The molecular weight excluding hydrogens is 271 g/mol. The molecule has 7 heteroatoms. The molecule has 1 aromatic rings. The van der Waals surface area contributed by atoms with Crippen LogP contribution in [0.15, 0.2) is 24.3 Å². The Labute approximate surface area is 115 Å². The van der Waals surface area contributed by atoms with Gasteiger partial charge in [-0.05, 0) is 26.0 Å². The third-order valence-electron chi connectivity index (χ3n) is 2.69. The molecule has 0 heterocycles. The molecule has 0 unspecified atom stereocenters. The molecule has 0 spiro atoms. The second-order valence-electron chi connectivity index (χ2n) is 4.75. The molecule has 1 rings (SSSR count). The highest BCUT2D eigenvalue weighted by Gasteiger charge is 2.32. The van der Waals surface area contributed by atoms with Crippen molar-refractivity contribution in [3.8, 4) is 0 Å². The molecule has 0 aliphatic carbocycles. The number of benzene rings is 1. The second-order valence-corrected chi connectivity index (χ2v) is 4.75. The van der Waals surface area contributed by atoms with E-state index in [0.717, 1.165) is 4.90 Å². The van der Waals surface area contributed by atoms with Gasteiger partial charge in [-0.2, -0.15) is 13.2 Å². The zero-order chi connectivity index (χ0) is 15.3. The summed E-state index contributed by atoms with van der Waals surface area (Å²) in [6, 6.07) is 6.19. The number of carbonyl (C=O) groups excluding carboxylic acids is 1. The highest BCUT2D eigenvalue weighted by molar-refractivity contribution is 5.95. The van der Waals surface area contributed by atoms with Gasteiger partial charge in [0.05, 0.1) is 24.5 Å². The highest BCUT2D eigenvalue weighted by Crippen LogP contribution is 2.19. The van der Waals surface area contributed by atoms with Crippen molar-refractivity contribution in [1.82, 2.24) is 4.90 Å². The Morgan fingerprint density at radius 2 is 1.95 bits per heavy atom. The van der Waals surface area contributed by atoms with E-state index in [0.29, 0.717) is 11.4 Å². The minimum absolute atomic E-state index is 0.342. The van der Waals surface area contributed by atoms with Gasteiger partial charge in [0, 0.05) is 6.04 Å². The van der Waals surface area contributed by atoms with Crippen molar-refractivity contribution in [3.63, 3.8) is 0 Å². The number of nitrogens with zero attached hydrogens (tertiary/aromatic N) is 1. The minimum Gasteiger partial charge on any atom is -0.397 e. The molecule has 0 aromatic heterocycles. The summed E-state index contributed by atoms with van der Waals surface area (Å²) < 4.78 is 37.2. The van der Waals surface area contributed by atoms with Crippen molar-refractivity contribution >= 4 is 17.3 Å². The normalized spacial score (nSPS) is 11.9. The summed E-state index contributed by atoms with van der Waals surface area (Å²) in [5.74, 6) is -0.527. The topological polar surface area (TPSA) is 58.4 Å². The van der Waals surface area contributed by atoms with E-state index < -0.39 is 24.7 Å². The Hall–Kier alpha value is -1.76. The average Bonchev–Trinajstić information content (AvgIpc) is 2.29. The van der Waals surface area contributed by atoms with Crippen LogP contribution in [0.4, 0.5) is 24.5 Å². The Balaban J connectivity index is 2.65. The number of rotatable bonds is 5. The van der Waals surface area contributed by atoms with Gasteiger partial charge in [-0.25, -0.2) is 0 Å². The lowest BCUT2D eigenvalue weighted by atomic mass is 10.2. The average molecular weight is 289 g/mol. The summed E-state index contributed by atoms with van der Waals surface area (Å²) in [4.78, 5) is 12.8. The number of alkyl halides is 3. The third kappa shape index (κ3) is 5.48. The lowest BCUT2D eigenvalue weighted by molar-refractivity contribution is -0.151. The van der Waals surface area contributed by atoms with Crippen LogP contribution in [0.1, 0.15) is 13.8 Å². The summed E-state index contributed by atoms with van der Waals surface area (Å²) in [6.45, 7) is 1.75. The van der Waals surface area contributed by atoms with Crippen molar-refractivity contribution in [1.29, 1.82) is 0 Å². The van der Waals surface area contributed by atoms with E-state index in [4.69, 9.17) is 5.73 Å². The first-order valence-electron chi connectivity index (χ1n) is 6.14. The van der Waals surface area contributed by atoms with Crippen molar-refractivity contribution in [2.75, 3.05) is 24.1 Å². The molecule has 0 fully saturated rings. The standard InChI is InChI=1S/C13H18F3N3O/c1-9(2)19(8-13(14,15)16)7-12(20)18-11-6-4-3-5-10(11)17/h3-6,9H,7-8,17H2,1-2H3,(H,18,20). The molecule has 4 nitrogen and oxygen atoms in total. The lowest BCUT2D eigenvalue weighted by Crippen LogP contribution is -2.43. The highest BCUT2D eigenvalue weighted by atomic mass is 19.4. The van der Waals surface area contributed by atoms with Crippen LogP contribution in [0.3, 0.4) is 0 Å². The van der Waals surface area contributed by atoms with Gasteiger partial charge in [0.1, 0.15) is 0 Å². The first-order valence-corrected chi connectivity index (χ1v) is 6.14. The molecule has 3 N–H and O–H groups in total. The third-order valence-corrected chi connectivity index (χ3v) is 2.69. The van der Waals surface area contributed by atoms with Crippen LogP contribution in [0.25, 0.3) is 0 Å². The fourth-order valence-electron chi connectivity index (χ4n) is 1.64. The van der Waals surface area contributed by atoms with Gasteiger partial charge in [0.25, 0.3) is 0 Å². The summed E-state index contributed by atoms with van der Waals surface area (Å²) in [6.07, 6.45) is -4.34. The van der Waals surface area contributed by atoms with E-state index in [1.54, 1.807) is 38.1 Å². The number of amides is 1. The van der Waals surface area contributed by atoms with Crippen molar-refractivity contribution in [2.24, 2.45) is 0 Å². The summed E-state index contributed by atoms with van der Waals surface area (Å²) in [7, 11) is 0. The number of hydrogen-bond donors (Lipinski definition) is 2. The van der Waals surface area contributed by atoms with Gasteiger partial charge in [-0.3, -0.25) is 9.69 Å². The van der Waals surface area contributed by atoms with Gasteiger partial charge in [0.2, 0.25) is 5.91 Å². The van der Waals surface area contributed by atoms with E-state index in [1.807, 2.05) is 0 Å². The van der Waals surface area contributed by atoms with Crippen LogP contribution in [0.2, 0.25) is 0 Å². The predicted molar refractivity (Wildman–Crippen MR) is 72.2 cm³/mol. The number of carbonyl (C=O) groups is 1. The van der Waals surface area contributed by atoms with E-state index in [2.05, 4.69) is 5.32 Å². The second kappa shape index (κ2) is 6.60. The molecule has 20 heavy (non-hydrogen) atoms. The van der Waals surface area contributed by atoms with Crippen LogP contribution in [-0.4, -0.2) is 36.1 Å². The number of halogens is 3. The maximum Gasteiger partial charge on any atom is 0.401 e. The minimum atomic E-state index is -4.34. The Morgan fingerprint density at radius 1 is 1.35 bits per heavy atom. The first-order chi connectivity index (χ1) is 9.19. The quantitative estimate of drug-likeness (QED) is 0.819. The number of para-hydroxylation sites is 2. The van der Waals surface area contributed by atoms with Crippen molar-refractivity contribution in [2.45, 2.75) is 26.1 Å². The lowest BCUT2D eigenvalue weighted by Gasteiger charge is -2.26. The van der Waals surface area contributed by atoms with Crippen LogP contribution < -0.4 is 11.1 Å². The number of nitrogens with one attached hydrogen (secondary N) is 1. The number of anilines is 2. The molecule has 0 saturated carbocycles. The maximum atomic E-state index is 12.4. The number of nitrogens with two attached hydrogens (primary N) is 1. The molecule has 0 aliphatic heterocycles. The molecule has 0 bridgehead atoms. The monoisotopic (exact) mass is 289 g/mol. The first kappa shape index (κ1) is 16.3. The predicted octanol–water partition coefficient (Wildman–Crippen LogP) is 2.48. The molecule has 1 amide bonds.